The molecule has 0 saturated carbocycles. The molecule has 1 rings (SSSR count). The molecular weight excluding hydrogens is 347 g/mol. The van der Waals surface area contributed by atoms with E-state index >= 15 is 0 Å². The summed E-state index contributed by atoms with van der Waals surface area (Å²) in [6.45, 7) is 5.96. The average Bonchev–Trinajstić information content (AvgIpc) is 2.30. The minimum Gasteiger partial charge on any atom is -0.398 e. The molecule has 0 bridgehead atoms. The molecule has 1 aromatic carbocycles. The zero-order valence-electron chi connectivity index (χ0n) is 11.8. The topological polar surface area (TPSA) is 72.2 Å². The Balaban J connectivity index is 2.92. The zero-order valence-corrected chi connectivity index (χ0v) is 14.2. The number of nitrogen functional groups attached to an aromatic ring is 1. The summed E-state index contributed by atoms with van der Waals surface area (Å²) in [7, 11) is -3.75. The Hall–Kier alpha value is -0.660. The maximum atomic E-state index is 13.3. The predicted molar refractivity (Wildman–Crippen MR) is 82.4 cm³/mol. The molecule has 0 spiro atoms. The van der Waals surface area contributed by atoms with Crippen LogP contribution in [0.3, 0.4) is 0 Å². The van der Waals surface area contributed by atoms with Crippen LogP contribution in [0, 0.1) is 11.7 Å². The first-order valence-corrected chi connectivity index (χ1v) is 8.68. The second-order valence-electron chi connectivity index (χ2n) is 5.30. The molecule has 4 nitrogen and oxygen atoms in total. The fourth-order valence-corrected chi connectivity index (χ4v) is 3.66. The molecular formula is C13H20BrFN2O2S. The molecule has 3 N–H and O–H groups in total. The van der Waals surface area contributed by atoms with Crippen molar-refractivity contribution in [2.75, 3.05) is 5.73 Å². The zero-order chi connectivity index (χ0) is 15.5. The summed E-state index contributed by atoms with van der Waals surface area (Å²) in [6.07, 6.45) is 1.66. The molecule has 1 atom stereocenters. The van der Waals surface area contributed by atoms with Crippen LogP contribution >= 0.6 is 15.9 Å². The Labute approximate surface area is 128 Å². The third-order valence-electron chi connectivity index (χ3n) is 2.88. The van der Waals surface area contributed by atoms with Crippen LogP contribution in [0.1, 0.15) is 33.6 Å². The van der Waals surface area contributed by atoms with Gasteiger partial charge in [-0.25, -0.2) is 17.5 Å². The number of rotatable bonds is 6. The molecule has 0 amide bonds. The highest BCUT2D eigenvalue weighted by molar-refractivity contribution is 9.10. The predicted octanol–water partition coefficient (Wildman–Crippen LogP) is 3.27. The molecule has 1 unspecified atom stereocenters. The number of sulfonamides is 1. The second kappa shape index (κ2) is 6.87. The van der Waals surface area contributed by atoms with Crippen molar-refractivity contribution in [2.45, 2.75) is 44.6 Å². The van der Waals surface area contributed by atoms with E-state index in [0.717, 1.165) is 18.9 Å². The van der Waals surface area contributed by atoms with E-state index in [2.05, 4.69) is 34.5 Å². The fourth-order valence-electron chi connectivity index (χ4n) is 1.75. The molecule has 7 heteroatoms. The van der Waals surface area contributed by atoms with Crippen LogP contribution in [0.15, 0.2) is 21.5 Å². The minimum atomic E-state index is -3.75. The Morgan fingerprint density at radius 3 is 2.45 bits per heavy atom. The van der Waals surface area contributed by atoms with E-state index < -0.39 is 15.8 Å². The Kier molecular flexibility index (Phi) is 5.97. The maximum absolute atomic E-state index is 13.3. The van der Waals surface area contributed by atoms with Gasteiger partial charge in [0.25, 0.3) is 0 Å². The molecule has 0 fully saturated rings. The third kappa shape index (κ3) is 4.71. The van der Waals surface area contributed by atoms with Crippen LogP contribution in [-0.4, -0.2) is 14.5 Å². The van der Waals surface area contributed by atoms with Gasteiger partial charge in [-0.1, -0.05) is 13.8 Å². The molecule has 0 heterocycles. The van der Waals surface area contributed by atoms with E-state index in [1.54, 1.807) is 6.92 Å². The summed E-state index contributed by atoms with van der Waals surface area (Å²) in [5.74, 6) is -0.0821. The lowest BCUT2D eigenvalue weighted by Gasteiger charge is -2.16. The molecule has 1 aromatic rings. The molecule has 0 radical (unpaired) electrons. The molecule has 20 heavy (non-hydrogen) atoms. The second-order valence-corrected chi connectivity index (χ2v) is 7.83. The summed E-state index contributed by atoms with van der Waals surface area (Å²) in [4.78, 5) is -0.109. The average molecular weight is 367 g/mol. The highest BCUT2D eigenvalue weighted by Crippen LogP contribution is 2.26. The van der Waals surface area contributed by atoms with Crippen molar-refractivity contribution in [3.63, 3.8) is 0 Å². The van der Waals surface area contributed by atoms with E-state index in [1.165, 1.54) is 6.07 Å². The first kappa shape index (κ1) is 17.4. The van der Waals surface area contributed by atoms with Crippen LogP contribution in [0.4, 0.5) is 10.1 Å². The summed E-state index contributed by atoms with van der Waals surface area (Å²) in [6, 6.07) is 1.98. The van der Waals surface area contributed by atoms with Crippen LogP contribution in [0.25, 0.3) is 0 Å². The highest BCUT2D eigenvalue weighted by atomic mass is 79.9. The van der Waals surface area contributed by atoms with Gasteiger partial charge in [-0.3, -0.25) is 0 Å². The Morgan fingerprint density at radius 1 is 1.30 bits per heavy atom. The minimum absolute atomic E-state index is 0.0712. The van der Waals surface area contributed by atoms with Crippen LogP contribution < -0.4 is 10.5 Å². The molecule has 0 aliphatic carbocycles. The number of halogens is 2. The van der Waals surface area contributed by atoms with Gasteiger partial charge >= 0.3 is 0 Å². The van der Waals surface area contributed by atoms with Gasteiger partial charge in [0, 0.05) is 6.04 Å². The van der Waals surface area contributed by atoms with Crippen molar-refractivity contribution < 1.29 is 12.8 Å². The van der Waals surface area contributed by atoms with Crippen LogP contribution in [0.5, 0.6) is 0 Å². The largest absolute Gasteiger partial charge is 0.398 e. The van der Waals surface area contributed by atoms with E-state index in [4.69, 9.17) is 5.73 Å². The highest BCUT2D eigenvalue weighted by Gasteiger charge is 2.21. The first-order valence-electron chi connectivity index (χ1n) is 6.40. The van der Waals surface area contributed by atoms with E-state index in [-0.39, 0.29) is 21.1 Å². The van der Waals surface area contributed by atoms with Crippen molar-refractivity contribution in [3.8, 4) is 0 Å². The van der Waals surface area contributed by atoms with Crippen molar-refractivity contribution in [1.29, 1.82) is 0 Å². The molecule has 0 aromatic heterocycles. The van der Waals surface area contributed by atoms with Gasteiger partial charge in [0.2, 0.25) is 10.0 Å². The van der Waals surface area contributed by atoms with E-state index in [0.29, 0.717) is 5.92 Å². The molecule has 0 aliphatic heterocycles. The molecule has 0 saturated heterocycles. The fraction of sp³-hybridized carbons (Fsp3) is 0.538. The van der Waals surface area contributed by atoms with Gasteiger partial charge in [0.05, 0.1) is 10.2 Å². The Bertz CT molecular complexity index is 576. The van der Waals surface area contributed by atoms with Crippen molar-refractivity contribution >= 4 is 31.6 Å². The summed E-state index contributed by atoms with van der Waals surface area (Å²) < 4.78 is 40.4. The lowest BCUT2D eigenvalue weighted by atomic mass is 10.1. The van der Waals surface area contributed by atoms with Gasteiger partial charge in [0.15, 0.2) is 0 Å². The van der Waals surface area contributed by atoms with Gasteiger partial charge in [-0.05, 0) is 53.7 Å². The normalized spacial score (nSPS) is 13.7. The number of nitrogens with one attached hydrogen (secondary N) is 1. The van der Waals surface area contributed by atoms with Crippen molar-refractivity contribution in [2.24, 2.45) is 5.92 Å². The lowest BCUT2D eigenvalue weighted by Crippen LogP contribution is -2.33. The van der Waals surface area contributed by atoms with Gasteiger partial charge in [-0.2, -0.15) is 0 Å². The standard InChI is InChI=1S/C13H20BrFN2O2S/c1-8(2)4-5-9(3)17-20(18,19)13-6-10(14)11(15)7-12(13)16/h6-9,17H,4-5,16H2,1-3H3. The quantitative estimate of drug-likeness (QED) is 0.758. The van der Waals surface area contributed by atoms with Crippen LogP contribution in [-0.2, 0) is 10.0 Å². The van der Waals surface area contributed by atoms with Crippen LogP contribution in [0.2, 0.25) is 0 Å². The number of hydrogen-bond acceptors (Lipinski definition) is 3. The number of benzene rings is 1. The summed E-state index contributed by atoms with van der Waals surface area (Å²) in [5, 5.41) is 0. The van der Waals surface area contributed by atoms with E-state index in [1.807, 2.05) is 0 Å². The summed E-state index contributed by atoms with van der Waals surface area (Å²) in [5.41, 5.74) is 5.49. The smallest absolute Gasteiger partial charge is 0.242 e. The lowest BCUT2D eigenvalue weighted by molar-refractivity contribution is 0.485. The third-order valence-corrected chi connectivity index (χ3v) is 5.13. The Morgan fingerprint density at radius 2 is 1.90 bits per heavy atom. The SMILES string of the molecule is CC(C)CCC(C)NS(=O)(=O)c1cc(Br)c(F)cc1N. The van der Waals surface area contributed by atoms with E-state index in [9.17, 15) is 12.8 Å². The number of nitrogens with two attached hydrogens (primary N) is 1. The molecule has 114 valence electrons. The monoisotopic (exact) mass is 366 g/mol. The first-order chi connectivity index (χ1) is 9.13. The van der Waals surface area contributed by atoms with Crippen molar-refractivity contribution in [1.82, 2.24) is 4.72 Å². The number of anilines is 1. The molecule has 0 aliphatic rings. The number of hydrogen-bond donors (Lipinski definition) is 2. The van der Waals surface area contributed by atoms with Gasteiger partial charge < -0.3 is 5.73 Å². The summed E-state index contributed by atoms with van der Waals surface area (Å²) >= 11 is 2.97. The van der Waals surface area contributed by atoms with Gasteiger partial charge in [-0.15, -0.1) is 0 Å². The van der Waals surface area contributed by atoms with Gasteiger partial charge in [0.1, 0.15) is 10.7 Å². The maximum Gasteiger partial charge on any atom is 0.242 e. The van der Waals surface area contributed by atoms with Crippen molar-refractivity contribution in [3.05, 3.63) is 22.4 Å².